The molecule has 0 spiro atoms. The highest BCUT2D eigenvalue weighted by molar-refractivity contribution is 7.99. The van der Waals surface area contributed by atoms with Crippen molar-refractivity contribution < 1.29 is 14.7 Å². The molecule has 0 rings (SSSR count). The first-order chi connectivity index (χ1) is 6.07. The zero-order valence-electron chi connectivity index (χ0n) is 7.66. The third-order valence-electron chi connectivity index (χ3n) is 1.52. The molecule has 0 aliphatic carbocycles. The lowest BCUT2D eigenvalue weighted by Crippen LogP contribution is -2.32. The van der Waals surface area contributed by atoms with Crippen LogP contribution in [0.1, 0.15) is 19.8 Å². The lowest BCUT2D eigenvalue weighted by molar-refractivity contribution is -0.140. The number of hydrogen-bond donors (Lipinski definition) is 2. The summed E-state index contributed by atoms with van der Waals surface area (Å²) >= 11 is 1.69. The predicted molar refractivity (Wildman–Crippen MR) is 52.9 cm³/mol. The van der Waals surface area contributed by atoms with Gasteiger partial charge >= 0.3 is 5.97 Å². The first-order valence-electron chi connectivity index (χ1n) is 4.15. The molecule has 0 fully saturated rings. The van der Waals surface area contributed by atoms with Crippen molar-refractivity contribution in [2.45, 2.75) is 25.8 Å². The summed E-state index contributed by atoms with van der Waals surface area (Å²) in [5.74, 6) is 0.302. The molecule has 0 aliphatic rings. The quantitative estimate of drug-likeness (QED) is 0.467. The van der Waals surface area contributed by atoms with Crippen molar-refractivity contribution in [2.24, 2.45) is 5.73 Å². The van der Waals surface area contributed by atoms with E-state index in [2.05, 4.69) is 0 Å². The molecule has 1 atom stereocenters. The molecule has 5 heteroatoms. The summed E-state index contributed by atoms with van der Waals surface area (Å²) in [4.78, 5) is 21.2. The molecule has 0 aliphatic heterocycles. The Hall–Kier alpha value is -0.550. The summed E-state index contributed by atoms with van der Waals surface area (Å²) in [6.45, 7) is 2.02. The molecular formula is C8H15NO3S. The summed E-state index contributed by atoms with van der Waals surface area (Å²) in [6.07, 6.45) is 0.0998. The van der Waals surface area contributed by atoms with Gasteiger partial charge in [0.1, 0.15) is 6.42 Å². The van der Waals surface area contributed by atoms with Crippen LogP contribution >= 0.6 is 11.8 Å². The first kappa shape index (κ1) is 12.4. The number of carbonyl (C=O) groups excluding carboxylic acids is 1. The molecule has 0 aromatic heterocycles. The normalized spacial score (nSPS) is 12.5. The maximum atomic E-state index is 11.0. The van der Waals surface area contributed by atoms with Crippen molar-refractivity contribution in [3.05, 3.63) is 0 Å². The van der Waals surface area contributed by atoms with E-state index in [1.807, 2.05) is 6.92 Å². The fourth-order valence-electron chi connectivity index (χ4n) is 0.796. The second-order valence-electron chi connectivity index (χ2n) is 2.63. The van der Waals surface area contributed by atoms with Gasteiger partial charge < -0.3 is 10.8 Å². The van der Waals surface area contributed by atoms with E-state index in [1.54, 1.807) is 11.8 Å². The van der Waals surface area contributed by atoms with Gasteiger partial charge in [-0.2, -0.15) is 11.8 Å². The molecule has 0 saturated heterocycles. The van der Waals surface area contributed by atoms with Gasteiger partial charge in [-0.3, -0.25) is 9.59 Å². The largest absolute Gasteiger partial charge is 0.481 e. The number of rotatable bonds is 7. The average molecular weight is 205 g/mol. The molecular weight excluding hydrogens is 190 g/mol. The van der Waals surface area contributed by atoms with Crippen molar-refractivity contribution >= 4 is 23.5 Å². The second kappa shape index (κ2) is 6.91. The van der Waals surface area contributed by atoms with Gasteiger partial charge in [-0.1, -0.05) is 6.92 Å². The van der Waals surface area contributed by atoms with E-state index in [1.165, 1.54) is 0 Å². The van der Waals surface area contributed by atoms with Gasteiger partial charge in [0.25, 0.3) is 0 Å². The molecule has 76 valence electrons. The number of hydrogen-bond acceptors (Lipinski definition) is 4. The first-order valence-corrected chi connectivity index (χ1v) is 5.31. The lowest BCUT2D eigenvalue weighted by atomic mass is 10.1. The molecule has 0 bridgehead atoms. The Labute approximate surface area is 81.9 Å². The van der Waals surface area contributed by atoms with E-state index < -0.39 is 18.4 Å². The van der Waals surface area contributed by atoms with Crippen LogP contribution in [0.2, 0.25) is 0 Å². The van der Waals surface area contributed by atoms with Crippen LogP contribution in [0.15, 0.2) is 0 Å². The molecule has 3 N–H and O–H groups in total. The standard InChI is InChI=1S/C8H15NO3S/c1-2-13-4-3-6(9)7(10)5-8(11)12/h6H,2-5,9H2,1H3,(H,11,12)/t6-/m0/s1. The smallest absolute Gasteiger partial charge is 0.310 e. The summed E-state index contributed by atoms with van der Waals surface area (Å²) in [5.41, 5.74) is 5.48. The molecule has 13 heavy (non-hydrogen) atoms. The van der Waals surface area contributed by atoms with Gasteiger partial charge in [-0.25, -0.2) is 0 Å². The minimum atomic E-state index is -1.11. The van der Waals surface area contributed by atoms with Gasteiger partial charge in [0.05, 0.1) is 6.04 Å². The fourth-order valence-corrected chi connectivity index (χ4v) is 1.51. The lowest BCUT2D eigenvalue weighted by Gasteiger charge is -2.07. The number of carboxylic acid groups (broad SMARTS) is 1. The Balaban J connectivity index is 3.63. The Morgan fingerprint density at radius 1 is 1.54 bits per heavy atom. The van der Waals surface area contributed by atoms with Gasteiger partial charge in [0.15, 0.2) is 5.78 Å². The zero-order chi connectivity index (χ0) is 10.3. The van der Waals surface area contributed by atoms with Gasteiger partial charge in [0.2, 0.25) is 0 Å². The highest BCUT2D eigenvalue weighted by atomic mass is 32.2. The predicted octanol–water partition coefficient (Wildman–Crippen LogP) is 0.501. The second-order valence-corrected chi connectivity index (χ2v) is 4.02. The Morgan fingerprint density at radius 3 is 2.62 bits per heavy atom. The van der Waals surface area contributed by atoms with Gasteiger partial charge in [0, 0.05) is 0 Å². The van der Waals surface area contributed by atoms with Gasteiger partial charge in [-0.05, 0) is 17.9 Å². The molecule has 0 amide bonds. The number of carbonyl (C=O) groups is 2. The summed E-state index contributed by atoms with van der Waals surface area (Å²) in [7, 11) is 0. The molecule has 0 aromatic carbocycles. The average Bonchev–Trinajstić information content (AvgIpc) is 2.03. The van der Waals surface area contributed by atoms with E-state index >= 15 is 0 Å². The summed E-state index contributed by atoms with van der Waals surface area (Å²) in [6, 6.07) is -0.616. The minimum Gasteiger partial charge on any atom is -0.481 e. The SMILES string of the molecule is CCSCC[C@H](N)C(=O)CC(=O)O. The molecule has 0 radical (unpaired) electrons. The van der Waals surface area contributed by atoms with Crippen LogP contribution in [0, 0.1) is 0 Å². The van der Waals surface area contributed by atoms with E-state index in [4.69, 9.17) is 10.8 Å². The van der Waals surface area contributed by atoms with Crippen LogP contribution in [-0.2, 0) is 9.59 Å². The molecule has 0 saturated carbocycles. The molecule has 4 nitrogen and oxygen atoms in total. The van der Waals surface area contributed by atoms with Crippen LogP contribution in [0.3, 0.4) is 0 Å². The maximum Gasteiger partial charge on any atom is 0.310 e. The minimum absolute atomic E-state index is 0.385. The number of aliphatic carboxylic acids is 1. The number of Topliss-reactive ketones (excluding diaryl/α,β-unsaturated/α-hetero) is 1. The van der Waals surface area contributed by atoms with Crippen LogP contribution in [0.4, 0.5) is 0 Å². The Morgan fingerprint density at radius 2 is 2.15 bits per heavy atom. The third-order valence-corrected chi connectivity index (χ3v) is 2.45. The van der Waals surface area contributed by atoms with Crippen LogP contribution < -0.4 is 5.73 Å². The van der Waals surface area contributed by atoms with Crippen molar-refractivity contribution in [1.82, 2.24) is 0 Å². The number of nitrogens with two attached hydrogens (primary N) is 1. The van der Waals surface area contributed by atoms with E-state index in [-0.39, 0.29) is 5.78 Å². The third kappa shape index (κ3) is 6.60. The number of thioether (sulfide) groups is 1. The summed E-state index contributed by atoms with van der Waals surface area (Å²) < 4.78 is 0. The van der Waals surface area contributed by atoms with Crippen LogP contribution in [0.25, 0.3) is 0 Å². The van der Waals surface area contributed by atoms with Crippen LogP contribution in [-0.4, -0.2) is 34.4 Å². The van der Waals surface area contributed by atoms with Crippen molar-refractivity contribution in [1.29, 1.82) is 0 Å². The Kier molecular flexibility index (Phi) is 6.62. The summed E-state index contributed by atoms with van der Waals surface area (Å²) in [5, 5.41) is 8.32. The monoisotopic (exact) mass is 205 g/mol. The van der Waals surface area contributed by atoms with E-state index in [0.29, 0.717) is 6.42 Å². The number of carboxylic acids is 1. The fraction of sp³-hybridized carbons (Fsp3) is 0.750. The highest BCUT2D eigenvalue weighted by Gasteiger charge is 2.15. The zero-order valence-corrected chi connectivity index (χ0v) is 8.47. The molecule has 0 unspecified atom stereocenters. The van der Waals surface area contributed by atoms with E-state index in [9.17, 15) is 9.59 Å². The van der Waals surface area contributed by atoms with Crippen molar-refractivity contribution in [3.63, 3.8) is 0 Å². The van der Waals surface area contributed by atoms with E-state index in [0.717, 1.165) is 11.5 Å². The van der Waals surface area contributed by atoms with Crippen molar-refractivity contribution in [2.75, 3.05) is 11.5 Å². The topological polar surface area (TPSA) is 80.4 Å². The molecule has 0 aromatic rings. The number of ketones is 1. The highest BCUT2D eigenvalue weighted by Crippen LogP contribution is 2.04. The molecule has 0 heterocycles. The maximum absolute atomic E-state index is 11.0. The van der Waals surface area contributed by atoms with Gasteiger partial charge in [-0.15, -0.1) is 0 Å². The Bertz CT molecular complexity index is 184. The van der Waals surface area contributed by atoms with Crippen molar-refractivity contribution in [3.8, 4) is 0 Å². The van der Waals surface area contributed by atoms with Crippen LogP contribution in [0.5, 0.6) is 0 Å².